The highest BCUT2D eigenvalue weighted by molar-refractivity contribution is 7.89. The van der Waals surface area contributed by atoms with Crippen LogP contribution in [-0.4, -0.2) is 38.8 Å². The van der Waals surface area contributed by atoms with E-state index in [9.17, 15) is 13.2 Å². The number of nitrogens with zero attached hydrogens (tertiary/aromatic N) is 1. The maximum absolute atomic E-state index is 12.6. The van der Waals surface area contributed by atoms with Crippen LogP contribution >= 0.6 is 0 Å². The van der Waals surface area contributed by atoms with Gasteiger partial charge >= 0.3 is 0 Å². The minimum absolute atomic E-state index is 0.179. The molecule has 2 aromatic rings. The van der Waals surface area contributed by atoms with Crippen LogP contribution in [0.25, 0.3) is 10.8 Å². The molecule has 0 fully saturated rings. The molecule has 5 nitrogen and oxygen atoms in total. The van der Waals surface area contributed by atoms with Crippen LogP contribution in [0.5, 0.6) is 0 Å². The molecule has 0 bridgehead atoms. The highest BCUT2D eigenvalue weighted by Crippen LogP contribution is 2.21. The summed E-state index contributed by atoms with van der Waals surface area (Å²) in [5.74, 6) is -0.280. The van der Waals surface area contributed by atoms with Gasteiger partial charge in [-0.25, -0.2) is 8.42 Å². The van der Waals surface area contributed by atoms with Gasteiger partial charge < -0.3 is 5.32 Å². The Morgan fingerprint density at radius 3 is 2.50 bits per heavy atom. The normalized spacial score (nSPS) is 11.8. The molecule has 2 aromatic carbocycles. The van der Waals surface area contributed by atoms with E-state index >= 15 is 0 Å². The second-order valence-electron chi connectivity index (χ2n) is 5.83. The van der Waals surface area contributed by atoms with E-state index in [1.807, 2.05) is 24.3 Å². The molecule has 0 heterocycles. The first-order valence-corrected chi connectivity index (χ1v) is 9.61. The van der Waals surface area contributed by atoms with Crippen molar-refractivity contribution in [1.82, 2.24) is 9.62 Å². The molecule has 6 heteroatoms. The van der Waals surface area contributed by atoms with Gasteiger partial charge in [0.2, 0.25) is 15.9 Å². The fourth-order valence-corrected chi connectivity index (χ4v) is 3.62. The molecule has 24 heavy (non-hydrogen) atoms. The Morgan fingerprint density at radius 2 is 1.79 bits per heavy atom. The van der Waals surface area contributed by atoms with Gasteiger partial charge in [0.1, 0.15) is 0 Å². The molecule has 2 rings (SSSR count). The average molecular weight is 348 g/mol. The number of nitrogens with one attached hydrogen (secondary N) is 1. The number of fused-ring (bicyclic) bond motifs is 1. The summed E-state index contributed by atoms with van der Waals surface area (Å²) >= 11 is 0. The largest absolute Gasteiger partial charge is 0.355 e. The molecule has 0 unspecified atom stereocenters. The average Bonchev–Trinajstić information content (AvgIpc) is 2.58. The highest BCUT2D eigenvalue weighted by atomic mass is 32.2. The van der Waals surface area contributed by atoms with Crippen LogP contribution < -0.4 is 5.32 Å². The molecule has 0 aliphatic carbocycles. The van der Waals surface area contributed by atoms with Crippen LogP contribution in [0.1, 0.15) is 26.2 Å². The standard InChI is InChI=1S/C18H24N2O3S/c1-3-4-7-12-19-18(21)14-20(2)24(22,23)17-11-10-15-8-5-6-9-16(15)13-17/h5-6,8-11,13H,3-4,7,12,14H2,1-2H3,(H,19,21). The van der Waals surface area contributed by atoms with Gasteiger partial charge in [-0.1, -0.05) is 50.1 Å². The van der Waals surface area contributed by atoms with Crippen molar-refractivity contribution in [1.29, 1.82) is 0 Å². The zero-order valence-electron chi connectivity index (χ0n) is 14.2. The second-order valence-corrected chi connectivity index (χ2v) is 7.87. The number of unbranched alkanes of at least 4 members (excludes halogenated alkanes) is 2. The van der Waals surface area contributed by atoms with Crippen LogP contribution in [-0.2, 0) is 14.8 Å². The predicted molar refractivity (Wildman–Crippen MR) is 96.3 cm³/mol. The number of hydrogen-bond acceptors (Lipinski definition) is 3. The van der Waals surface area contributed by atoms with Crippen molar-refractivity contribution in [3.05, 3.63) is 42.5 Å². The monoisotopic (exact) mass is 348 g/mol. The van der Waals surface area contributed by atoms with Gasteiger partial charge in [-0.3, -0.25) is 4.79 Å². The van der Waals surface area contributed by atoms with E-state index in [4.69, 9.17) is 0 Å². The topological polar surface area (TPSA) is 66.5 Å². The summed E-state index contributed by atoms with van der Waals surface area (Å²) in [6.07, 6.45) is 3.03. The summed E-state index contributed by atoms with van der Waals surface area (Å²) in [4.78, 5) is 12.1. The van der Waals surface area contributed by atoms with E-state index in [2.05, 4.69) is 12.2 Å². The van der Waals surface area contributed by atoms with Crippen LogP contribution in [0.15, 0.2) is 47.4 Å². The number of likely N-dealkylation sites (N-methyl/N-ethyl adjacent to an activating group) is 1. The smallest absolute Gasteiger partial charge is 0.243 e. The predicted octanol–water partition coefficient (Wildman–Crippen LogP) is 2.77. The number of carbonyl (C=O) groups is 1. The van der Waals surface area contributed by atoms with E-state index in [1.165, 1.54) is 7.05 Å². The third-order valence-corrected chi connectivity index (χ3v) is 5.70. The van der Waals surface area contributed by atoms with Crippen LogP contribution in [0.2, 0.25) is 0 Å². The lowest BCUT2D eigenvalue weighted by atomic mass is 10.1. The summed E-state index contributed by atoms with van der Waals surface area (Å²) < 4.78 is 26.4. The Balaban J connectivity index is 2.06. The fraction of sp³-hybridized carbons (Fsp3) is 0.389. The second kappa shape index (κ2) is 8.26. The van der Waals surface area contributed by atoms with Gasteiger partial charge in [0.15, 0.2) is 0 Å². The Bertz CT molecular complexity index is 803. The van der Waals surface area contributed by atoms with E-state index in [0.29, 0.717) is 6.54 Å². The van der Waals surface area contributed by atoms with Crippen LogP contribution in [0.4, 0.5) is 0 Å². The highest BCUT2D eigenvalue weighted by Gasteiger charge is 2.23. The van der Waals surface area contributed by atoms with E-state index in [1.54, 1.807) is 18.2 Å². The molecule has 130 valence electrons. The zero-order valence-corrected chi connectivity index (χ0v) is 15.0. The lowest BCUT2D eigenvalue weighted by molar-refractivity contribution is -0.121. The maximum atomic E-state index is 12.6. The molecule has 0 atom stereocenters. The zero-order chi connectivity index (χ0) is 17.6. The third-order valence-electron chi connectivity index (χ3n) is 3.90. The van der Waals surface area contributed by atoms with Crippen molar-refractivity contribution in [2.24, 2.45) is 0 Å². The number of benzene rings is 2. The van der Waals surface area contributed by atoms with E-state index < -0.39 is 10.0 Å². The fourth-order valence-electron chi connectivity index (χ4n) is 2.45. The first kappa shape index (κ1) is 18.4. The summed E-state index contributed by atoms with van der Waals surface area (Å²) in [5.41, 5.74) is 0. The molecule has 0 saturated heterocycles. The van der Waals surface area contributed by atoms with E-state index in [-0.39, 0.29) is 17.3 Å². The van der Waals surface area contributed by atoms with Crippen molar-refractivity contribution < 1.29 is 13.2 Å². The minimum Gasteiger partial charge on any atom is -0.355 e. The lowest BCUT2D eigenvalue weighted by Gasteiger charge is -2.17. The Hall–Kier alpha value is -1.92. The molecule has 0 spiro atoms. The maximum Gasteiger partial charge on any atom is 0.243 e. The molecule has 0 aromatic heterocycles. The molecule has 0 radical (unpaired) electrons. The van der Waals surface area contributed by atoms with Crippen molar-refractivity contribution >= 4 is 26.7 Å². The summed E-state index contributed by atoms with van der Waals surface area (Å²) in [7, 11) is -2.26. The van der Waals surface area contributed by atoms with Crippen molar-refractivity contribution in [2.75, 3.05) is 20.1 Å². The van der Waals surface area contributed by atoms with Gasteiger partial charge in [0.05, 0.1) is 11.4 Å². The van der Waals surface area contributed by atoms with Crippen molar-refractivity contribution in [2.45, 2.75) is 31.1 Å². The summed E-state index contributed by atoms with van der Waals surface area (Å²) in [5, 5.41) is 4.59. The van der Waals surface area contributed by atoms with E-state index in [0.717, 1.165) is 34.3 Å². The van der Waals surface area contributed by atoms with Gasteiger partial charge in [0, 0.05) is 13.6 Å². The Kier molecular flexibility index (Phi) is 6.34. The molecular weight excluding hydrogens is 324 g/mol. The molecule has 1 N–H and O–H groups in total. The van der Waals surface area contributed by atoms with Crippen LogP contribution in [0, 0.1) is 0 Å². The van der Waals surface area contributed by atoms with Crippen molar-refractivity contribution in [3.8, 4) is 0 Å². The minimum atomic E-state index is -3.69. The molecule has 0 aliphatic rings. The van der Waals surface area contributed by atoms with Crippen LogP contribution in [0.3, 0.4) is 0 Å². The third kappa shape index (κ3) is 4.55. The quantitative estimate of drug-likeness (QED) is 0.746. The van der Waals surface area contributed by atoms with Gasteiger partial charge in [-0.05, 0) is 29.3 Å². The lowest BCUT2D eigenvalue weighted by Crippen LogP contribution is -2.38. The first-order chi connectivity index (χ1) is 11.4. The van der Waals surface area contributed by atoms with Crippen molar-refractivity contribution in [3.63, 3.8) is 0 Å². The number of rotatable bonds is 8. The SMILES string of the molecule is CCCCCNC(=O)CN(C)S(=O)(=O)c1ccc2ccccc2c1. The first-order valence-electron chi connectivity index (χ1n) is 8.17. The summed E-state index contributed by atoms with van der Waals surface area (Å²) in [6, 6.07) is 12.6. The molecular formula is C18H24N2O3S. The molecule has 0 saturated carbocycles. The number of carbonyl (C=O) groups excluding carboxylic acids is 1. The summed E-state index contributed by atoms with van der Waals surface area (Å²) in [6.45, 7) is 2.49. The number of amides is 1. The number of sulfonamides is 1. The van der Waals surface area contributed by atoms with Gasteiger partial charge in [-0.2, -0.15) is 4.31 Å². The van der Waals surface area contributed by atoms with Gasteiger partial charge in [-0.15, -0.1) is 0 Å². The molecule has 0 aliphatic heterocycles. The Morgan fingerprint density at radius 1 is 1.08 bits per heavy atom. The Labute approximate surface area is 143 Å². The number of hydrogen-bond donors (Lipinski definition) is 1. The molecule has 1 amide bonds. The van der Waals surface area contributed by atoms with Gasteiger partial charge in [0.25, 0.3) is 0 Å².